The van der Waals surface area contributed by atoms with E-state index in [-0.39, 0.29) is 5.95 Å². The predicted molar refractivity (Wildman–Crippen MR) is 101 cm³/mol. The Morgan fingerprint density at radius 2 is 1.74 bits per heavy atom. The first kappa shape index (κ1) is 19.0. The Bertz CT molecular complexity index is 927. The number of nitrogens with two attached hydrogens (primary N) is 1. The maximum absolute atomic E-state index is 12.9. The fraction of sp³-hybridized carbons (Fsp3) is 0.158. The third-order valence-corrected chi connectivity index (χ3v) is 4.11. The van der Waals surface area contributed by atoms with Crippen LogP contribution in [0.3, 0.4) is 0 Å². The van der Waals surface area contributed by atoms with Gasteiger partial charge in [-0.2, -0.15) is 18.2 Å². The van der Waals surface area contributed by atoms with Crippen LogP contribution in [-0.4, -0.2) is 16.5 Å². The third-order valence-electron chi connectivity index (χ3n) is 3.86. The topological polar surface area (TPSA) is 63.8 Å². The molecule has 0 spiro atoms. The molecule has 0 fully saturated rings. The molecule has 0 aliphatic heterocycles. The molecule has 0 aliphatic carbocycles. The number of nitrogen functional groups attached to an aromatic ring is 1. The summed E-state index contributed by atoms with van der Waals surface area (Å²) in [5, 5.41) is 3.78. The highest BCUT2D eigenvalue weighted by molar-refractivity contribution is 6.30. The fourth-order valence-corrected chi connectivity index (χ4v) is 2.67. The van der Waals surface area contributed by atoms with Crippen molar-refractivity contribution in [3.63, 3.8) is 0 Å². The van der Waals surface area contributed by atoms with Gasteiger partial charge in [0.15, 0.2) is 0 Å². The minimum absolute atomic E-state index is 0.0149. The van der Waals surface area contributed by atoms with Crippen LogP contribution in [0.4, 0.5) is 24.9 Å². The Kier molecular flexibility index (Phi) is 5.51. The number of hydrogen-bond acceptors (Lipinski definition) is 4. The molecule has 140 valence electrons. The van der Waals surface area contributed by atoms with Crippen LogP contribution in [0, 0.1) is 0 Å². The molecule has 0 unspecified atom stereocenters. The molecule has 4 nitrogen and oxygen atoms in total. The summed E-state index contributed by atoms with van der Waals surface area (Å²) in [6.45, 7) is 0.570. The van der Waals surface area contributed by atoms with E-state index in [9.17, 15) is 13.2 Å². The number of nitrogens with one attached hydrogen (secondary N) is 1. The standard InChI is InChI=1S/C19H16ClF3N4/c20-15-6-4-12(5-7-15)8-9-25-17-11-16(26-18(24)27-17)13-2-1-3-14(10-13)19(21,22)23/h1-7,10-11H,8-9H2,(H3,24,25,26,27). The largest absolute Gasteiger partial charge is 0.416 e. The first-order valence-corrected chi connectivity index (χ1v) is 8.49. The van der Waals surface area contributed by atoms with Gasteiger partial charge < -0.3 is 11.1 Å². The molecule has 0 aliphatic rings. The van der Waals surface area contributed by atoms with Crippen LogP contribution in [0.1, 0.15) is 11.1 Å². The summed E-state index contributed by atoms with van der Waals surface area (Å²) in [7, 11) is 0. The lowest BCUT2D eigenvalue weighted by Gasteiger charge is -2.11. The molecule has 1 aromatic heterocycles. The lowest BCUT2D eigenvalue weighted by atomic mass is 10.1. The normalized spacial score (nSPS) is 11.4. The SMILES string of the molecule is Nc1nc(NCCc2ccc(Cl)cc2)cc(-c2cccc(C(F)(F)F)c2)n1. The molecule has 0 radical (unpaired) electrons. The quantitative estimate of drug-likeness (QED) is 0.637. The van der Waals surface area contributed by atoms with Crippen molar-refractivity contribution in [2.24, 2.45) is 0 Å². The van der Waals surface area contributed by atoms with E-state index in [2.05, 4.69) is 15.3 Å². The number of hydrogen-bond donors (Lipinski definition) is 2. The van der Waals surface area contributed by atoms with Gasteiger partial charge in [-0.05, 0) is 36.2 Å². The van der Waals surface area contributed by atoms with E-state index >= 15 is 0 Å². The zero-order valence-electron chi connectivity index (χ0n) is 14.1. The van der Waals surface area contributed by atoms with Crippen LogP contribution in [0.15, 0.2) is 54.6 Å². The molecule has 8 heteroatoms. The molecule has 0 atom stereocenters. The Labute approximate surface area is 159 Å². The van der Waals surface area contributed by atoms with Gasteiger partial charge in [-0.3, -0.25) is 0 Å². The lowest BCUT2D eigenvalue weighted by Crippen LogP contribution is -2.09. The van der Waals surface area contributed by atoms with Gasteiger partial charge in [0.05, 0.1) is 11.3 Å². The van der Waals surface area contributed by atoms with E-state index in [1.807, 2.05) is 24.3 Å². The maximum Gasteiger partial charge on any atom is 0.416 e. The number of alkyl halides is 3. The van der Waals surface area contributed by atoms with E-state index in [0.29, 0.717) is 28.6 Å². The van der Waals surface area contributed by atoms with Gasteiger partial charge in [-0.1, -0.05) is 35.9 Å². The van der Waals surface area contributed by atoms with Crippen molar-refractivity contribution >= 4 is 23.4 Å². The highest BCUT2D eigenvalue weighted by atomic mass is 35.5. The van der Waals surface area contributed by atoms with Gasteiger partial charge >= 0.3 is 6.18 Å². The van der Waals surface area contributed by atoms with Crippen molar-refractivity contribution in [1.82, 2.24) is 9.97 Å². The first-order valence-electron chi connectivity index (χ1n) is 8.12. The number of aromatic nitrogens is 2. The third kappa shape index (κ3) is 5.10. The second-order valence-electron chi connectivity index (χ2n) is 5.88. The van der Waals surface area contributed by atoms with E-state index < -0.39 is 11.7 Å². The van der Waals surface area contributed by atoms with Gasteiger partial charge in [0.1, 0.15) is 5.82 Å². The monoisotopic (exact) mass is 392 g/mol. The summed E-state index contributed by atoms with van der Waals surface area (Å²) < 4.78 is 38.8. The summed E-state index contributed by atoms with van der Waals surface area (Å²) >= 11 is 5.86. The average Bonchev–Trinajstić information content (AvgIpc) is 2.62. The molecule has 27 heavy (non-hydrogen) atoms. The van der Waals surface area contributed by atoms with Crippen molar-refractivity contribution < 1.29 is 13.2 Å². The van der Waals surface area contributed by atoms with Crippen LogP contribution in [0.2, 0.25) is 5.02 Å². The van der Waals surface area contributed by atoms with Crippen LogP contribution in [0.5, 0.6) is 0 Å². The van der Waals surface area contributed by atoms with Crippen molar-refractivity contribution in [2.75, 3.05) is 17.6 Å². The maximum atomic E-state index is 12.9. The van der Waals surface area contributed by atoms with Crippen LogP contribution in [-0.2, 0) is 12.6 Å². The molecular weight excluding hydrogens is 377 g/mol. The molecule has 0 bridgehead atoms. The summed E-state index contributed by atoms with van der Waals surface area (Å²) in [4.78, 5) is 8.14. The van der Waals surface area contributed by atoms with Gasteiger partial charge in [-0.25, -0.2) is 4.98 Å². The number of anilines is 2. The number of benzene rings is 2. The average molecular weight is 393 g/mol. The zero-order valence-corrected chi connectivity index (χ0v) is 14.8. The second kappa shape index (κ2) is 7.84. The van der Waals surface area contributed by atoms with Gasteiger partial charge in [0.2, 0.25) is 5.95 Å². The van der Waals surface area contributed by atoms with Crippen molar-refractivity contribution in [2.45, 2.75) is 12.6 Å². The minimum atomic E-state index is -4.42. The first-order chi connectivity index (χ1) is 12.8. The van der Waals surface area contributed by atoms with Gasteiger partial charge in [0, 0.05) is 23.2 Å². The summed E-state index contributed by atoms with van der Waals surface area (Å²) in [5.41, 5.74) is 6.71. The molecule has 3 aromatic rings. The molecule has 2 aromatic carbocycles. The van der Waals surface area contributed by atoms with E-state index in [1.54, 1.807) is 12.1 Å². The van der Waals surface area contributed by atoms with Gasteiger partial charge in [-0.15, -0.1) is 0 Å². The number of halogens is 4. The van der Waals surface area contributed by atoms with E-state index in [4.69, 9.17) is 17.3 Å². The Morgan fingerprint density at radius 1 is 1.00 bits per heavy atom. The van der Waals surface area contributed by atoms with Crippen molar-refractivity contribution in [1.29, 1.82) is 0 Å². The molecule has 1 heterocycles. The molecule has 0 amide bonds. The predicted octanol–water partition coefficient (Wildman–Crippen LogP) is 5.05. The number of nitrogens with zero attached hydrogens (tertiary/aromatic N) is 2. The van der Waals surface area contributed by atoms with Crippen LogP contribution in [0.25, 0.3) is 11.3 Å². The summed E-state index contributed by atoms with van der Waals surface area (Å²) in [6.07, 6.45) is -3.70. The zero-order chi connectivity index (χ0) is 19.4. The fourth-order valence-electron chi connectivity index (χ4n) is 2.55. The highest BCUT2D eigenvalue weighted by Gasteiger charge is 2.30. The minimum Gasteiger partial charge on any atom is -0.370 e. The smallest absolute Gasteiger partial charge is 0.370 e. The van der Waals surface area contributed by atoms with E-state index in [1.165, 1.54) is 6.07 Å². The van der Waals surface area contributed by atoms with E-state index in [0.717, 1.165) is 24.1 Å². The Balaban J connectivity index is 1.75. The lowest BCUT2D eigenvalue weighted by molar-refractivity contribution is -0.137. The van der Waals surface area contributed by atoms with Crippen molar-refractivity contribution in [3.8, 4) is 11.3 Å². The Morgan fingerprint density at radius 3 is 2.44 bits per heavy atom. The Hall–Kier alpha value is -2.80. The van der Waals surface area contributed by atoms with Gasteiger partial charge in [0.25, 0.3) is 0 Å². The summed E-state index contributed by atoms with van der Waals surface area (Å²) in [5.74, 6) is 0.433. The molecule has 0 saturated heterocycles. The molecular formula is C19H16ClF3N4. The summed E-state index contributed by atoms with van der Waals surface area (Å²) in [6, 6.07) is 14.0. The van der Waals surface area contributed by atoms with Crippen LogP contribution >= 0.6 is 11.6 Å². The second-order valence-corrected chi connectivity index (χ2v) is 6.31. The molecule has 3 rings (SSSR count). The molecule has 3 N–H and O–H groups in total. The molecule has 0 saturated carbocycles. The number of rotatable bonds is 5. The highest BCUT2D eigenvalue weighted by Crippen LogP contribution is 2.32. The van der Waals surface area contributed by atoms with Crippen LogP contribution < -0.4 is 11.1 Å². The van der Waals surface area contributed by atoms with Crippen molar-refractivity contribution in [3.05, 3.63) is 70.7 Å².